The zero-order valence-electron chi connectivity index (χ0n) is 16.4. The van der Waals surface area contributed by atoms with Crippen LogP contribution in [0, 0.1) is 0 Å². The molecular weight excluding hydrogens is 386 g/mol. The van der Waals surface area contributed by atoms with Crippen LogP contribution in [-0.2, 0) is 4.79 Å². The van der Waals surface area contributed by atoms with Gasteiger partial charge in [-0.1, -0.05) is 18.2 Å². The molecule has 0 radical (unpaired) electrons. The van der Waals surface area contributed by atoms with Crippen LogP contribution in [0.3, 0.4) is 0 Å². The first kappa shape index (κ1) is 21.4. The minimum absolute atomic E-state index is 0.255. The number of piperazine rings is 1. The van der Waals surface area contributed by atoms with Gasteiger partial charge in [0.05, 0.1) is 0 Å². The van der Waals surface area contributed by atoms with Crippen molar-refractivity contribution < 1.29 is 19.6 Å². The summed E-state index contributed by atoms with van der Waals surface area (Å²) in [6, 6.07) is 14.1. The third-order valence-electron chi connectivity index (χ3n) is 4.82. The fourth-order valence-corrected chi connectivity index (χ4v) is 3.18. The average molecular weight is 411 g/mol. The van der Waals surface area contributed by atoms with Crippen molar-refractivity contribution >= 4 is 23.4 Å². The molecule has 0 aromatic heterocycles. The second-order valence-electron chi connectivity index (χ2n) is 6.95. The Hall–Kier alpha value is -3.27. The third kappa shape index (κ3) is 5.86. The number of anilines is 1. The highest BCUT2D eigenvalue weighted by Crippen LogP contribution is 2.11. The number of nitrogens with zero attached hydrogens (tertiary/aromatic N) is 1. The molecule has 5 N–H and O–H groups in total. The van der Waals surface area contributed by atoms with E-state index in [9.17, 15) is 14.4 Å². The molecule has 1 atom stereocenters. The Labute approximate surface area is 174 Å². The molecule has 1 heterocycles. The molecule has 2 aromatic carbocycles. The highest BCUT2D eigenvalue weighted by Gasteiger charge is 2.25. The number of hydrogen-bond donors (Lipinski definition) is 5. The predicted octanol–water partition coefficient (Wildman–Crippen LogP) is 0.448. The Morgan fingerprint density at radius 1 is 0.933 bits per heavy atom. The SMILES string of the molecule is O=C(NO)c1ccc(NC(=O)C(CN2CCNCC2)NC(=O)c2ccccc2)cc1. The van der Waals surface area contributed by atoms with Crippen molar-refractivity contribution in [2.24, 2.45) is 0 Å². The van der Waals surface area contributed by atoms with E-state index in [1.807, 2.05) is 6.07 Å². The zero-order chi connectivity index (χ0) is 21.3. The molecular formula is C21H25N5O4. The van der Waals surface area contributed by atoms with E-state index >= 15 is 0 Å². The largest absolute Gasteiger partial charge is 0.339 e. The number of amides is 3. The lowest BCUT2D eigenvalue weighted by atomic mass is 10.1. The third-order valence-corrected chi connectivity index (χ3v) is 4.82. The van der Waals surface area contributed by atoms with E-state index in [4.69, 9.17) is 5.21 Å². The van der Waals surface area contributed by atoms with Crippen molar-refractivity contribution in [3.63, 3.8) is 0 Å². The molecule has 2 aromatic rings. The molecule has 3 amide bonds. The quantitative estimate of drug-likeness (QED) is 0.333. The van der Waals surface area contributed by atoms with Crippen LogP contribution in [-0.4, -0.2) is 66.6 Å². The molecule has 1 aliphatic rings. The Bertz CT molecular complexity index is 867. The van der Waals surface area contributed by atoms with Crippen LogP contribution < -0.4 is 21.4 Å². The van der Waals surface area contributed by atoms with E-state index in [1.54, 1.807) is 41.9 Å². The van der Waals surface area contributed by atoms with Crippen LogP contribution in [0.25, 0.3) is 0 Å². The van der Waals surface area contributed by atoms with Gasteiger partial charge in [-0.3, -0.25) is 24.5 Å². The number of carbonyl (C=O) groups excluding carboxylic acids is 3. The highest BCUT2D eigenvalue weighted by molar-refractivity contribution is 6.01. The van der Waals surface area contributed by atoms with Gasteiger partial charge in [0.2, 0.25) is 5.91 Å². The van der Waals surface area contributed by atoms with Gasteiger partial charge in [0.25, 0.3) is 11.8 Å². The topological polar surface area (TPSA) is 123 Å². The molecule has 9 nitrogen and oxygen atoms in total. The molecule has 158 valence electrons. The fraction of sp³-hybridized carbons (Fsp3) is 0.286. The van der Waals surface area contributed by atoms with Gasteiger partial charge in [-0.05, 0) is 36.4 Å². The molecule has 1 saturated heterocycles. The fourth-order valence-electron chi connectivity index (χ4n) is 3.18. The van der Waals surface area contributed by atoms with E-state index in [-0.39, 0.29) is 17.4 Å². The van der Waals surface area contributed by atoms with Gasteiger partial charge < -0.3 is 16.0 Å². The van der Waals surface area contributed by atoms with Crippen molar-refractivity contribution in [2.45, 2.75) is 6.04 Å². The van der Waals surface area contributed by atoms with Gasteiger partial charge >= 0.3 is 0 Å². The molecule has 1 fully saturated rings. The summed E-state index contributed by atoms with van der Waals surface area (Å²) in [6.07, 6.45) is 0. The van der Waals surface area contributed by atoms with Gasteiger partial charge in [-0.25, -0.2) is 5.48 Å². The Kier molecular flexibility index (Phi) is 7.50. The molecule has 1 unspecified atom stereocenters. The summed E-state index contributed by atoms with van der Waals surface area (Å²) in [5.41, 5.74) is 2.77. The highest BCUT2D eigenvalue weighted by atomic mass is 16.5. The minimum atomic E-state index is -0.753. The summed E-state index contributed by atoms with van der Waals surface area (Å²) in [4.78, 5) is 39.1. The molecule has 3 rings (SSSR count). The molecule has 0 bridgehead atoms. The number of hydrogen-bond acceptors (Lipinski definition) is 6. The maximum absolute atomic E-state index is 12.9. The number of rotatable bonds is 7. The van der Waals surface area contributed by atoms with Gasteiger partial charge in [0.15, 0.2) is 0 Å². The number of hydroxylamine groups is 1. The van der Waals surface area contributed by atoms with Gasteiger partial charge in [-0.2, -0.15) is 0 Å². The van der Waals surface area contributed by atoms with E-state index in [2.05, 4.69) is 20.9 Å². The second-order valence-corrected chi connectivity index (χ2v) is 6.95. The first-order chi connectivity index (χ1) is 14.6. The molecule has 0 saturated carbocycles. The van der Waals surface area contributed by atoms with Crippen LogP contribution in [0.5, 0.6) is 0 Å². The Morgan fingerprint density at radius 3 is 2.20 bits per heavy atom. The molecule has 0 aliphatic carbocycles. The molecule has 0 spiro atoms. The molecule has 30 heavy (non-hydrogen) atoms. The van der Waals surface area contributed by atoms with Gasteiger partial charge in [0, 0.05) is 49.5 Å². The maximum atomic E-state index is 12.9. The van der Waals surface area contributed by atoms with Crippen molar-refractivity contribution in [3.8, 4) is 0 Å². The Morgan fingerprint density at radius 2 is 1.57 bits per heavy atom. The first-order valence-corrected chi connectivity index (χ1v) is 9.71. The molecule has 9 heteroatoms. The lowest BCUT2D eigenvalue weighted by Crippen LogP contribution is -2.54. The van der Waals surface area contributed by atoms with Gasteiger partial charge in [-0.15, -0.1) is 0 Å². The van der Waals surface area contributed by atoms with Crippen LogP contribution in [0.2, 0.25) is 0 Å². The predicted molar refractivity (Wildman–Crippen MR) is 111 cm³/mol. The summed E-state index contributed by atoms with van der Waals surface area (Å²) in [6.45, 7) is 3.62. The first-order valence-electron chi connectivity index (χ1n) is 9.71. The standard InChI is InChI=1S/C21H25N5O4/c27-19(15-4-2-1-3-5-15)24-18(14-26-12-10-22-11-13-26)21(29)23-17-8-6-16(7-9-17)20(28)25-30/h1-9,18,22,30H,10-14H2,(H,23,29)(H,24,27)(H,25,28). The van der Waals surface area contributed by atoms with Gasteiger partial charge in [0.1, 0.15) is 6.04 Å². The zero-order valence-corrected chi connectivity index (χ0v) is 16.4. The van der Waals surface area contributed by atoms with Crippen molar-refractivity contribution in [2.75, 3.05) is 38.0 Å². The van der Waals surface area contributed by atoms with E-state index in [0.29, 0.717) is 17.8 Å². The summed E-state index contributed by atoms with van der Waals surface area (Å²) in [5, 5.41) is 17.6. The number of nitrogens with one attached hydrogen (secondary N) is 4. The van der Waals surface area contributed by atoms with E-state index in [1.165, 1.54) is 12.1 Å². The van der Waals surface area contributed by atoms with Crippen LogP contribution in [0.15, 0.2) is 54.6 Å². The van der Waals surface area contributed by atoms with Crippen molar-refractivity contribution in [1.29, 1.82) is 0 Å². The normalized spacial score (nSPS) is 15.1. The number of carbonyl (C=O) groups is 3. The molecule has 1 aliphatic heterocycles. The Balaban J connectivity index is 1.70. The van der Waals surface area contributed by atoms with Crippen LogP contribution in [0.1, 0.15) is 20.7 Å². The lowest BCUT2D eigenvalue weighted by Gasteiger charge is -2.30. The van der Waals surface area contributed by atoms with Crippen molar-refractivity contribution in [3.05, 3.63) is 65.7 Å². The summed E-state index contributed by atoms with van der Waals surface area (Å²) < 4.78 is 0. The lowest BCUT2D eigenvalue weighted by molar-refractivity contribution is -0.118. The minimum Gasteiger partial charge on any atom is -0.339 e. The monoisotopic (exact) mass is 411 g/mol. The summed E-state index contributed by atoms with van der Waals surface area (Å²) in [7, 11) is 0. The smallest absolute Gasteiger partial charge is 0.274 e. The van der Waals surface area contributed by atoms with Crippen molar-refractivity contribution in [1.82, 2.24) is 21.0 Å². The average Bonchev–Trinajstić information content (AvgIpc) is 2.79. The van der Waals surface area contributed by atoms with Crippen LogP contribution >= 0.6 is 0 Å². The number of benzene rings is 2. The van der Waals surface area contributed by atoms with E-state index < -0.39 is 11.9 Å². The maximum Gasteiger partial charge on any atom is 0.274 e. The van der Waals surface area contributed by atoms with E-state index in [0.717, 1.165) is 26.2 Å². The van der Waals surface area contributed by atoms with Crippen LogP contribution in [0.4, 0.5) is 5.69 Å². The second kappa shape index (κ2) is 10.5. The summed E-state index contributed by atoms with van der Waals surface area (Å²) in [5.74, 6) is -1.31. The summed E-state index contributed by atoms with van der Waals surface area (Å²) >= 11 is 0.